The number of aromatic nitrogens is 2. The van der Waals surface area contributed by atoms with Gasteiger partial charge in [-0.15, -0.1) is 59.4 Å². The number of anilines is 4. The van der Waals surface area contributed by atoms with E-state index in [9.17, 15) is 2.74 Å². The average molecular weight is 1300 g/mol. The van der Waals surface area contributed by atoms with Crippen LogP contribution in [0.5, 0.6) is 11.5 Å². The maximum Gasteiger partial charge on any atom is 0.135 e. The summed E-state index contributed by atoms with van der Waals surface area (Å²) >= 11 is 1.79. The van der Waals surface area contributed by atoms with E-state index in [1.54, 1.807) is 11.3 Å². The molecule has 12 aromatic rings. The predicted octanol–water partition coefficient (Wildman–Crippen LogP) is 21.8. The first kappa shape index (κ1) is 54.2. The minimum absolute atomic E-state index is 0. The molecule has 4 heterocycles. The number of hydrogen-bond acceptors (Lipinski definition) is 5. The van der Waals surface area contributed by atoms with Crippen LogP contribution in [-0.2, 0) is 43.7 Å². The molecule has 0 atom stereocenters. The summed E-state index contributed by atoms with van der Waals surface area (Å²) in [7, 11) is 0. The summed E-state index contributed by atoms with van der Waals surface area (Å²) in [4.78, 5) is 9.90. The van der Waals surface area contributed by atoms with Crippen molar-refractivity contribution in [3.8, 4) is 50.7 Å². The van der Waals surface area contributed by atoms with Gasteiger partial charge in [0.1, 0.15) is 5.82 Å². The van der Waals surface area contributed by atoms with Crippen LogP contribution in [0.2, 0.25) is 0 Å². The van der Waals surface area contributed by atoms with Crippen molar-refractivity contribution in [3.05, 3.63) is 235 Å². The average Bonchev–Trinajstić information content (AvgIpc) is 1.53. The summed E-state index contributed by atoms with van der Waals surface area (Å²) in [6, 6.07) is 74.2. The van der Waals surface area contributed by atoms with Gasteiger partial charge in [0.15, 0.2) is 0 Å². The molecule has 0 saturated heterocycles. The molecule has 0 N–H and O–H groups in total. The molecular weight excluding hydrogens is 1220 g/mol. The minimum Gasteiger partial charge on any atom is -0.509 e. The Kier molecular flexibility index (Phi) is 13.8. The van der Waals surface area contributed by atoms with E-state index in [-0.39, 0.29) is 37.3 Å². The van der Waals surface area contributed by atoms with E-state index in [0.717, 1.165) is 77.9 Å². The number of ether oxygens (including phenoxy) is 1. The Morgan fingerprint density at radius 1 is 0.524 bits per heavy atom. The fourth-order valence-corrected chi connectivity index (χ4v) is 12.9. The van der Waals surface area contributed by atoms with Gasteiger partial charge in [0, 0.05) is 101 Å². The van der Waals surface area contributed by atoms with Crippen molar-refractivity contribution in [2.75, 3.05) is 9.80 Å². The van der Waals surface area contributed by atoms with Gasteiger partial charge in [0.25, 0.3) is 0 Å². The van der Waals surface area contributed by atoms with Gasteiger partial charge in [0.2, 0.25) is 0 Å². The largest absolute Gasteiger partial charge is 0.509 e. The van der Waals surface area contributed by atoms with Gasteiger partial charge >= 0.3 is 0 Å². The van der Waals surface area contributed by atoms with Crippen LogP contribution in [0, 0.1) is 24.2 Å². The third-order valence-corrected chi connectivity index (χ3v) is 17.2. The Morgan fingerprint density at radius 3 is 1.73 bits per heavy atom. The zero-order valence-corrected chi connectivity index (χ0v) is 53.1. The molecule has 84 heavy (non-hydrogen) atoms. The number of rotatable bonds is 9. The van der Waals surface area contributed by atoms with Crippen molar-refractivity contribution in [3.63, 3.8) is 0 Å². The number of para-hydroxylation sites is 2. The van der Waals surface area contributed by atoms with Crippen LogP contribution in [0.4, 0.5) is 22.7 Å². The Bertz CT molecular complexity index is 4480. The number of thiophene rings is 1. The molecule has 0 aliphatic carbocycles. The Hall–Kier alpha value is -7.76. The van der Waals surface area contributed by atoms with Crippen LogP contribution in [0.3, 0.4) is 0 Å². The Balaban J connectivity index is 0.00000724. The zero-order valence-electron chi connectivity index (χ0n) is 52.0. The first-order valence-electron chi connectivity index (χ1n) is 29.9. The molecule has 9 aromatic carbocycles. The van der Waals surface area contributed by atoms with Gasteiger partial charge in [-0.25, -0.2) is 4.98 Å². The van der Waals surface area contributed by atoms with Crippen LogP contribution in [0.15, 0.2) is 194 Å². The summed E-state index contributed by atoms with van der Waals surface area (Å²) in [5.74, 6) is 1.65. The second-order valence-electron chi connectivity index (χ2n) is 26.4. The van der Waals surface area contributed by atoms with Crippen LogP contribution < -0.4 is 14.5 Å². The van der Waals surface area contributed by atoms with Gasteiger partial charge in [-0.2, -0.15) is 12.1 Å². The fraction of sp³-hybridized carbons (Fsp3) is 0.221. The molecule has 0 fully saturated rings. The Morgan fingerprint density at radius 2 is 1.10 bits per heavy atom. The van der Waals surface area contributed by atoms with Crippen LogP contribution >= 0.6 is 11.3 Å². The van der Waals surface area contributed by atoms with Crippen molar-refractivity contribution in [1.29, 1.82) is 0 Å². The zero-order chi connectivity index (χ0) is 59.5. The third-order valence-electron chi connectivity index (χ3n) is 16.0. The maximum absolute atomic E-state index is 10.0. The Labute approximate surface area is 517 Å². The smallest absolute Gasteiger partial charge is 0.135 e. The van der Waals surface area contributed by atoms with Gasteiger partial charge < -0.3 is 19.1 Å². The summed E-state index contributed by atoms with van der Waals surface area (Å²) < 4.78 is 31.5. The van der Waals surface area contributed by atoms with Gasteiger partial charge in [0.05, 0.1) is 0 Å². The molecule has 1 aliphatic heterocycles. The molecule has 0 saturated carbocycles. The topological polar surface area (TPSA) is 33.5 Å². The molecule has 0 spiro atoms. The molecular formula is C77H71N4OPtS-3. The maximum atomic E-state index is 10.0. The molecule has 1 aliphatic rings. The predicted molar refractivity (Wildman–Crippen MR) is 353 cm³/mol. The van der Waals surface area contributed by atoms with Crippen molar-refractivity contribution >= 4 is 76.1 Å². The van der Waals surface area contributed by atoms with E-state index >= 15 is 0 Å². The summed E-state index contributed by atoms with van der Waals surface area (Å²) in [6.45, 7) is 28.4. The molecule has 13 rings (SSSR count). The molecule has 0 unspecified atom stereocenters. The first-order chi connectivity index (χ1) is 40.4. The van der Waals surface area contributed by atoms with E-state index < -0.39 is 11.8 Å². The molecule has 0 bridgehead atoms. The second-order valence-corrected chi connectivity index (χ2v) is 27.4. The van der Waals surface area contributed by atoms with Crippen LogP contribution in [0.25, 0.3) is 81.2 Å². The van der Waals surface area contributed by atoms with Crippen molar-refractivity contribution in [1.82, 2.24) is 9.55 Å². The minimum atomic E-state index is -1.77. The third kappa shape index (κ3) is 10.6. The molecule has 5 nitrogen and oxygen atoms in total. The SMILES string of the molecule is [2H]C([2H])(c1cc(-n2c3[c-]c(Oc4[c-]c(N5[CH-]N(c6c(-c7ccccc7)cc(C(C)(C)C)cc6-c6ccccc6)c6ccccc65)ccc4)ccc3c3c4sc5ccccc5c4ccc32)ncc1-c1cc(C(C)(C)C)cc(C(C)(C)C)c1)C(C)(C)C.[Pt]. The monoisotopic (exact) mass is 1300 g/mol. The standard InChI is InChI=1S/C77H71N4OS.Pt/c1-74(2,3)46-52-40-70(78-47-64(52)51-38-53(75(4,5)6)41-54(39-51)76(7,8)9)81-67-37-36-60-59-30-19-22-33-69(59)83-73(60)71(67)61-35-34-58(45-68(61)81)82-57-29-23-28-56(44-57)79-48-80(66-32-21-20-31-65(66)79)72-62(49-24-15-13-16-25-49)42-55(77(10,11)12)43-63(72)50-26-17-14-18-27-50;/h13-43,47-48H,46H2,1-12H3;/q-3;/i46D2;. The van der Waals surface area contributed by atoms with Crippen LogP contribution in [0.1, 0.15) is 108 Å². The van der Waals surface area contributed by atoms with Crippen molar-refractivity contribution < 1.29 is 28.5 Å². The molecule has 7 heteroatoms. The van der Waals surface area contributed by atoms with Crippen molar-refractivity contribution in [2.24, 2.45) is 5.41 Å². The number of benzene rings is 9. The molecule has 424 valence electrons. The van der Waals surface area contributed by atoms with E-state index in [1.165, 1.54) is 36.9 Å². The van der Waals surface area contributed by atoms with E-state index in [1.807, 2.05) is 51.2 Å². The second kappa shape index (κ2) is 21.4. The van der Waals surface area contributed by atoms with Crippen molar-refractivity contribution in [2.45, 2.75) is 106 Å². The quantitative estimate of drug-likeness (QED) is 0.135. The van der Waals surface area contributed by atoms with Gasteiger partial charge in [-0.1, -0.05) is 204 Å². The molecule has 3 aromatic heterocycles. The van der Waals surface area contributed by atoms with Gasteiger partial charge in [-0.3, -0.25) is 0 Å². The number of hydrogen-bond donors (Lipinski definition) is 0. The summed E-state index contributed by atoms with van der Waals surface area (Å²) in [5.41, 5.74) is 15.1. The number of pyridine rings is 1. The number of nitrogens with zero attached hydrogens (tertiary/aromatic N) is 4. The van der Waals surface area contributed by atoms with Gasteiger partial charge in [-0.05, 0) is 115 Å². The number of fused-ring (bicyclic) bond motifs is 8. The normalized spacial score (nSPS) is 13.6. The molecule has 0 amide bonds. The molecule has 0 radical (unpaired) electrons. The fourth-order valence-electron chi connectivity index (χ4n) is 11.7. The summed E-state index contributed by atoms with van der Waals surface area (Å²) in [6.07, 6.45) is 0.130. The van der Waals surface area contributed by atoms with E-state index in [0.29, 0.717) is 22.9 Å². The van der Waals surface area contributed by atoms with E-state index in [2.05, 4.69) is 259 Å². The van der Waals surface area contributed by atoms with Crippen LogP contribution in [-0.4, -0.2) is 9.55 Å². The first-order valence-corrected chi connectivity index (χ1v) is 29.7. The summed E-state index contributed by atoms with van der Waals surface area (Å²) in [5, 5.41) is 4.50. The van der Waals surface area contributed by atoms with E-state index in [4.69, 9.17) is 9.72 Å².